The molecule has 2 heterocycles. The van der Waals surface area contributed by atoms with Gasteiger partial charge in [-0.3, -0.25) is 4.79 Å². The zero-order valence-corrected chi connectivity index (χ0v) is 12.7. The number of rotatable bonds is 3. The van der Waals surface area contributed by atoms with Gasteiger partial charge in [-0.25, -0.2) is 0 Å². The zero-order chi connectivity index (χ0) is 13.1. The smallest absolute Gasteiger partial charge is 0.136 e. The summed E-state index contributed by atoms with van der Waals surface area (Å²) in [6.07, 6.45) is 10.3. The van der Waals surface area contributed by atoms with Crippen LogP contribution in [0.1, 0.15) is 57.8 Å². The second-order valence-corrected chi connectivity index (χ2v) is 7.88. The van der Waals surface area contributed by atoms with Gasteiger partial charge in [0, 0.05) is 18.9 Å². The van der Waals surface area contributed by atoms with E-state index in [4.69, 9.17) is 4.74 Å². The molecule has 0 N–H and O–H groups in total. The van der Waals surface area contributed by atoms with E-state index in [1.165, 1.54) is 50.0 Å². The third kappa shape index (κ3) is 3.36. The Kier molecular flexibility index (Phi) is 4.53. The third-order valence-electron chi connectivity index (χ3n) is 5.29. The molecule has 0 bridgehead atoms. The van der Waals surface area contributed by atoms with Crippen LogP contribution in [0.25, 0.3) is 0 Å². The lowest BCUT2D eigenvalue weighted by atomic mass is 9.79. The molecule has 3 heteroatoms. The molecule has 3 rings (SSSR count). The standard InChI is InChI=1S/C16H26O2S/c17-15(11-13-4-9-19-10-5-13)14-3-8-18-16(12-14)6-1-2-7-16/h13-14H,1-12H2. The van der Waals surface area contributed by atoms with E-state index >= 15 is 0 Å². The maximum absolute atomic E-state index is 12.5. The predicted molar refractivity (Wildman–Crippen MR) is 79.5 cm³/mol. The second kappa shape index (κ2) is 6.17. The summed E-state index contributed by atoms with van der Waals surface area (Å²) in [4.78, 5) is 12.5. The highest BCUT2D eigenvalue weighted by molar-refractivity contribution is 7.99. The van der Waals surface area contributed by atoms with Crippen LogP contribution in [-0.2, 0) is 9.53 Å². The van der Waals surface area contributed by atoms with Crippen molar-refractivity contribution in [2.24, 2.45) is 11.8 Å². The molecule has 1 unspecified atom stereocenters. The Morgan fingerprint density at radius 2 is 1.89 bits per heavy atom. The minimum Gasteiger partial charge on any atom is -0.375 e. The number of ketones is 1. The highest BCUT2D eigenvalue weighted by Crippen LogP contribution is 2.42. The quantitative estimate of drug-likeness (QED) is 0.787. The van der Waals surface area contributed by atoms with Crippen molar-refractivity contribution in [3.63, 3.8) is 0 Å². The Morgan fingerprint density at radius 3 is 2.63 bits per heavy atom. The maximum atomic E-state index is 12.5. The van der Waals surface area contributed by atoms with Gasteiger partial charge in [0.1, 0.15) is 5.78 Å². The number of hydrogen-bond acceptors (Lipinski definition) is 3. The van der Waals surface area contributed by atoms with Gasteiger partial charge in [-0.05, 0) is 55.9 Å². The van der Waals surface area contributed by atoms with Gasteiger partial charge in [-0.15, -0.1) is 0 Å². The van der Waals surface area contributed by atoms with Crippen LogP contribution in [-0.4, -0.2) is 29.5 Å². The average Bonchev–Trinajstić information content (AvgIpc) is 2.88. The first kappa shape index (κ1) is 13.9. The minimum absolute atomic E-state index is 0.0982. The number of hydrogen-bond donors (Lipinski definition) is 0. The van der Waals surface area contributed by atoms with Crippen LogP contribution in [0.5, 0.6) is 0 Å². The van der Waals surface area contributed by atoms with Crippen molar-refractivity contribution in [3.8, 4) is 0 Å². The Labute approximate surface area is 121 Å². The summed E-state index contributed by atoms with van der Waals surface area (Å²) in [7, 11) is 0. The molecule has 108 valence electrons. The first-order valence-electron chi connectivity index (χ1n) is 8.02. The number of ether oxygens (including phenoxy) is 1. The molecule has 0 aromatic rings. The number of thioether (sulfide) groups is 1. The lowest BCUT2D eigenvalue weighted by Gasteiger charge is -2.38. The molecule has 2 aliphatic heterocycles. The summed E-state index contributed by atoms with van der Waals surface area (Å²) in [6, 6.07) is 0. The van der Waals surface area contributed by atoms with Crippen molar-refractivity contribution in [1.29, 1.82) is 0 Å². The first-order valence-corrected chi connectivity index (χ1v) is 9.17. The molecule has 1 aliphatic carbocycles. The lowest BCUT2D eigenvalue weighted by molar-refractivity contribution is -0.137. The van der Waals surface area contributed by atoms with Crippen LogP contribution in [0.15, 0.2) is 0 Å². The van der Waals surface area contributed by atoms with Crippen molar-refractivity contribution in [2.75, 3.05) is 18.1 Å². The summed E-state index contributed by atoms with van der Waals surface area (Å²) in [6.45, 7) is 0.816. The van der Waals surface area contributed by atoms with E-state index in [0.717, 1.165) is 25.9 Å². The van der Waals surface area contributed by atoms with Crippen LogP contribution in [0.4, 0.5) is 0 Å². The normalized spacial score (nSPS) is 31.7. The van der Waals surface area contributed by atoms with E-state index < -0.39 is 0 Å². The van der Waals surface area contributed by atoms with Gasteiger partial charge in [0.2, 0.25) is 0 Å². The van der Waals surface area contributed by atoms with Crippen LogP contribution >= 0.6 is 11.8 Å². The fourth-order valence-corrected chi connectivity index (χ4v) is 5.28. The Balaban J connectivity index is 1.54. The average molecular weight is 282 g/mol. The molecular formula is C16H26O2S. The van der Waals surface area contributed by atoms with Gasteiger partial charge in [0.05, 0.1) is 5.60 Å². The van der Waals surface area contributed by atoms with Crippen molar-refractivity contribution in [3.05, 3.63) is 0 Å². The van der Waals surface area contributed by atoms with E-state index in [2.05, 4.69) is 0 Å². The molecule has 1 saturated carbocycles. The summed E-state index contributed by atoms with van der Waals surface area (Å²) >= 11 is 2.05. The van der Waals surface area contributed by atoms with Gasteiger partial charge in [-0.1, -0.05) is 12.8 Å². The molecule has 0 aromatic carbocycles. The number of carbonyl (C=O) groups excluding carboxylic acids is 1. The molecule has 2 saturated heterocycles. The molecule has 0 radical (unpaired) electrons. The van der Waals surface area contributed by atoms with E-state index in [1.807, 2.05) is 11.8 Å². The first-order chi connectivity index (χ1) is 9.27. The van der Waals surface area contributed by atoms with Crippen molar-refractivity contribution < 1.29 is 9.53 Å². The monoisotopic (exact) mass is 282 g/mol. The van der Waals surface area contributed by atoms with Crippen molar-refractivity contribution >= 4 is 17.5 Å². The summed E-state index contributed by atoms with van der Waals surface area (Å²) in [5.41, 5.74) is 0.0982. The number of Topliss-reactive ketones (excluding diaryl/α,β-unsaturated/α-hetero) is 1. The van der Waals surface area contributed by atoms with E-state index in [9.17, 15) is 4.79 Å². The van der Waals surface area contributed by atoms with E-state index in [0.29, 0.717) is 17.6 Å². The van der Waals surface area contributed by atoms with Gasteiger partial charge in [0.15, 0.2) is 0 Å². The van der Waals surface area contributed by atoms with Crippen molar-refractivity contribution in [2.45, 2.75) is 63.4 Å². The van der Waals surface area contributed by atoms with E-state index in [1.54, 1.807) is 0 Å². The molecular weight excluding hydrogens is 256 g/mol. The molecule has 1 atom stereocenters. The van der Waals surface area contributed by atoms with Crippen LogP contribution in [0, 0.1) is 11.8 Å². The molecule has 0 amide bonds. The number of carbonyl (C=O) groups is 1. The predicted octanol–water partition coefficient (Wildman–Crippen LogP) is 3.83. The molecule has 2 nitrogen and oxygen atoms in total. The Bertz CT molecular complexity index is 317. The fourth-order valence-electron chi connectivity index (χ4n) is 4.07. The Morgan fingerprint density at radius 1 is 1.16 bits per heavy atom. The SMILES string of the molecule is O=C(CC1CCSCC1)C1CCOC2(CCCC2)C1. The molecule has 19 heavy (non-hydrogen) atoms. The largest absolute Gasteiger partial charge is 0.375 e. The summed E-state index contributed by atoms with van der Waals surface area (Å²) in [5, 5.41) is 0. The Hall–Kier alpha value is -0.0200. The highest BCUT2D eigenvalue weighted by atomic mass is 32.2. The molecule has 0 aromatic heterocycles. The van der Waals surface area contributed by atoms with Gasteiger partial charge in [-0.2, -0.15) is 11.8 Å². The van der Waals surface area contributed by atoms with Crippen LogP contribution < -0.4 is 0 Å². The van der Waals surface area contributed by atoms with Gasteiger partial charge >= 0.3 is 0 Å². The second-order valence-electron chi connectivity index (χ2n) is 6.65. The molecule has 3 fully saturated rings. The maximum Gasteiger partial charge on any atom is 0.136 e. The van der Waals surface area contributed by atoms with E-state index in [-0.39, 0.29) is 5.60 Å². The summed E-state index contributed by atoms with van der Waals surface area (Å²) < 4.78 is 6.04. The van der Waals surface area contributed by atoms with Crippen LogP contribution in [0.2, 0.25) is 0 Å². The summed E-state index contributed by atoms with van der Waals surface area (Å²) in [5.74, 6) is 4.05. The minimum atomic E-state index is 0.0982. The van der Waals surface area contributed by atoms with Crippen molar-refractivity contribution in [1.82, 2.24) is 0 Å². The topological polar surface area (TPSA) is 26.3 Å². The molecule has 1 spiro atoms. The fraction of sp³-hybridized carbons (Fsp3) is 0.938. The van der Waals surface area contributed by atoms with Gasteiger partial charge in [0.25, 0.3) is 0 Å². The lowest BCUT2D eigenvalue weighted by Crippen LogP contribution is -2.40. The highest BCUT2D eigenvalue weighted by Gasteiger charge is 2.41. The van der Waals surface area contributed by atoms with Gasteiger partial charge < -0.3 is 4.74 Å². The molecule has 3 aliphatic rings. The van der Waals surface area contributed by atoms with Crippen LogP contribution in [0.3, 0.4) is 0 Å². The third-order valence-corrected chi connectivity index (χ3v) is 6.34. The zero-order valence-electron chi connectivity index (χ0n) is 11.9.